The molecule has 2 N–H and O–H groups in total. The molecule has 0 unspecified atom stereocenters. The molecule has 0 spiro atoms. The molecule has 0 atom stereocenters. The van der Waals surface area contributed by atoms with Gasteiger partial charge in [0.2, 0.25) is 0 Å². The lowest BCUT2D eigenvalue weighted by molar-refractivity contribution is 0.0937. The van der Waals surface area contributed by atoms with Crippen molar-refractivity contribution in [1.29, 1.82) is 0 Å². The summed E-state index contributed by atoms with van der Waals surface area (Å²) in [6, 6.07) is 4.06. The Morgan fingerprint density at radius 1 is 1.26 bits per heavy atom. The monoisotopic (exact) mass is 384 g/mol. The van der Waals surface area contributed by atoms with Gasteiger partial charge in [-0.05, 0) is 37.5 Å². The Morgan fingerprint density at radius 3 is 2.81 bits per heavy atom. The highest BCUT2D eigenvalue weighted by Gasteiger charge is 2.22. The fraction of sp³-hybridized carbons (Fsp3) is 0.450. The predicted octanol–water partition coefficient (Wildman–Crippen LogP) is 4.66. The summed E-state index contributed by atoms with van der Waals surface area (Å²) in [5.41, 5.74) is 0.934. The molecule has 1 fully saturated rings. The SMILES string of the molecule is Cc1c(C(=O)NC2CCCCCC2)sc2ncnc(NCc3ccco3)c12. The van der Waals surface area contributed by atoms with E-state index in [1.807, 2.05) is 19.1 Å². The first-order valence-electron chi connectivity index (χ1n) is 9.53. The van der Waals surface area contributed by atoms with Crippen molar-refractivity contribution < 1.29 is 9.21 Å². The van der Waals surface area contributed by atoms with E-state index in [9.17, 15) is 4.79 Å². The molecule has 27 heavy (non-hydrogen) atoms. The number of fused-ring (bicyclic) bond motifs is 1. The van der Waals surface area contributed by atoms with Gasteiger partial charge in [-0.25, -0.2) is 9.97 Å². The molecule has 1 aliphatic rings. The number of nitrogens with one attached hydrogen (secondary N) is 2. The summed E-state index contributed by atoms with van der Waals surface area (Å²) in [5.74, 6) is 1.58. The van der Waals surface area contributed by atoms with Crippen LogP contribution in [-0.4, -0.2) is 21.9 Å². The summed E-state index contributed by atoms with van der Waals surface area (Å²) in [4.78, 5) is 23.2. The largest absolute Gasteiger partial charge is 0.467 e. The zero-order valence-corrected chi connectivity index (χ0v) is 16.3. The van der Waals surface area contributed by atoms with Crippen LogP contribution in [-0.2, 0) is 6.54 Å². The van der Waals surface area contributed by atoms with Crippen molar-refractivity contribution >= 4 is 33.3 Å². The van der Waals surface area contributed by atoms with Gasteiger partial charge in [-0.15, -0.1) is 11.3 Å². The van der Waals surface area contributed by atoms with Gasteiger partial charge < -0.3 is 15.1 Å². The van der Waals surface area contributed by atoms with Crippen LogP contribution in [0.3, 0.4) is 0 Å². The van der Waals surface area contributed by atoms with Crippen LogP contribution >= 0.6 is 11.3 Å². The third-order valence-corrected chi connectivity index (χ3v) is 6.33. The van der Waals surface area contributed by atoms with Gasteiger partial charge in [-0.1, -0.05) is 25.7 Å². The maximum atomic E-state index is 12.9. The van der Waals surface area contributed by atoms with Crippen molar-refractivity contribution in [2.45, 2.75) is 58.0 Å². The van der Waals surface area contributed by atoms with E-state index in [-0.39, 0.29) is 11.9 Å². The molecule has 1 saturated carbocycles. The summed E-state index contributed by atoms with van der Waals surface area (Å²) in [7, 11) is 0. The van der Waals surface area contributed by atoms with Gasteiger partial charge in [0.05, 0.1) is 23.1 Å². The van der Waals surface area contributed by atoms with E-state index in [0.717, 1.165) is 45.1 Å². The first-order valence-corrected chi connectivity index (χ1v) is 10.3. The molecule has 1 aliphatic carbocycles. The van der Waals surface area contributed by atoms with Crippen molar-refractivity contribution in [1.82, 2.24) is 15.3 Å². The van der Waals surface area contributed by atoms with Gasteiger partial charge in [-0.2, -0.15) is 0 Å². The van der Waals surface area contributed by atoms with Crippen LogP contribution in [0.5, 0.6) is 0 Å². The minimum Gasteiger partial charge on any atom is -0.467 e. The van der Waals surface area contributed by atoms with Crippen LogP contribution in [0.25, 0.3) is 10.2 Å². The fourth-order valence-corrected chi connectivity index (χ4v) is 4.73. The molecule has 0 aliphatic heterocycles. The van der Waals surface area contributed by atoms with Gasteiger partial charge in [0.1, 0.15) is 22.7 Å². The van der Waals surface area contributed by atoms with E-state index in [1.165, 1.54) is 43.3 Å². The minimum absolute atomic E-state index is 0.0133. The van der Waals surface area contributed by atoms with Gasteiger partial charge in [0.15, 0.2) is 0 Å². The van der Waals surface area contributed by atoms with Gasteiger partial charge in [-0.3, -0.25) is 4.79 Å². The fourth-order valence-electron chi connectivity index (χ4n) is 3.68. The molecule has 3 heterocycles. The van der Waals surface area contributed by atoms with E-state index in [4.69, 9.17) is 4.42 Å². The predicted molar refractivity (Wildman–Crippen MR) is 107 cm³/mol. The molecule has 3 aromatic heterocycles. The molecule has 0 aromatic carbocycles. The average Bonchev–Trinajstić information content (AvgIpc) is 3.23. The molecular weight excluding hydrogens is 360 g/mol. The Kier molecular flexibility index (Phi) is 5.38. The Labute approximate surface area is 162 Å². The number of carbonyl (C=O) groups excluding carboxylic acids is 1. The van der Waals surface area contributed by atoms with Crippen LogP contribution < -0.4 is 10.6 Å². The van der Waals surface area contributed by atoms with E-state index in [1.54, 1.807) is 6.26 Å². The first-order chi connectivity index (χ1) is 13.2. The molecule has 7 heteroatoms. The number of carbonyl (C=O) groups is 1. The molecule has 142 valence electrons. The molecule has 0 saturated heterocycles. The van der Waals surface area contributed by atoms with Crippen molar-refractivity contribution in [2.24, 2.45) is 0 Å². The number of furan rings is 1. The van der Waals surface area contributed by atoms with Crippen LogP contribution in [0.15, 0.2) is 29.1 Å². The second kappa shape index (κ2) is 8.08. The molecule has 1 amide bonds. The van der Waals surface area contributed by atoms with Gasteiger partial charge in [0, 0.05) is 6.04 Å². The zero-order valence-electron chi connectivity index (χ0n) is 15.5. The number of aryl methyl sites for hydroxylation is 1. The van der Waals surface area contributed by atoms with Crippen LogP contribution in [0.2, 0.25) is 0 Å². The standard InChI is InChI=1S/C20H24N4O2S/c1-13-16-18(21-11-15-9-6-10-26-15)22-12-23-20(16)27-17(13)19(25)24-14-7-4-2-3-5-8-14/h6,9-10,12,14H,2-5,7-8,11H2,1H3,(H,24,25)(H,21,22,23). The number of rotatable bonds is 5. The quantitative estimate of drug-likeness (QED) is 0.626. The summed E-state index contributed by atoms with van der Waals surface area (Å²) >= 11 is 1.44. The van der Waals surface area contributed by atoms with Crippen molar-refractivity contribution in [3.8, 4) is 0 Å². The highest BCUT2D eigenvalue weighted by Crippen LogP contribution is 2.33. The molecule has 4 rings (SSSR count). The first kappa shape index (κ1) is 18.0. The van der Waals surface area contributed by atoms with Crippen LogP contribution in [0, 0.1) is 6.92 Å². The van der Waals surface area contributed by atoms with E-state index in [2.05, 4.69) is 20.6 Å². The van der Waals surface area contributed by atoms with E-state index in [0.29, 0.717) is 6.54 Å². The van der Waals surface area contributed by atoms with E-state index < -0.39 is 0 Å². The third-order valence-electron chi connectivity index (χ3n) is 5.13. The topological polar surface area (TPSA) is 80.0 Å². The lowest BCUT2D eigenvalue weighted by atomic mass is 10.1. The highest BCUT2D eigenvalue weighted by atomic mass is 32.1. The Balaban J connectivity index is 1.55. The lowest BCUT2D eigenvalue weighted by Gasteiger charge is -2.15. The normalized spacial score (nSPS) is 15.6. The number of hydrogen-bond acceptors (Lipinski definition) is 6. The van der Waals surface area contributed by atoms with Crippen LogP contribution in [0.4, 0.5) is 5.82 Å². The number of hydrogen-bond donors (Lipinski definition) is 2. The summed E-state index contributed by atoms with van der Waals surface area (Å²) in [6.07, 6.45) is 10.3. The van der Waals surface area contributed by atoms with Crippen molar-refractivity contribution in [2.75, 3.05) is 5.32 Å². The minimum atomic E-state index is 0.0133. The number of nitrogens with zero attached hydrogens (tertiary/aromatic N) is 2. The highest BCUT2D eigenvalue weighted by molar-refractivity contribution is 7.20. The Hall–Kier alpha value is -2.41. The molecule has 0 bridgehead atoms. The van der Waals surface area contributed by atoms with Crippen LogP contribution in [0.1, 0.15) is 59.5 Å². The molecule has 0 radical (unpaired) electrons. The van der Waals surface area contributed by atoms with E-state index >= 15 is 0 Å². The molecule has 6 nitrogen and oxygen atoms in total. The summed E-state index contributed by atoms with van der Waals surface area (Å²) in [6.45, 7) is 2.51. The third kappa shape index (κ3) is 3.98. The maximum Gasteiger partial charge on any atom is 0.261 e. The number of aromatic nitrogens is 2. The molecular formula is C20H24N4O2S. The zero-order chi connectivity index (χ0) is 18.6. The van der Waals surface area contributed by atoms with Gasteiger partial charge in [0.25, 0.3) is 5.91 Å². The van der Waals surface area contributed by atoms with Crippen molar-refractivity contribution in [3.05, 3.63) is 40.9 Å². The van der Waals surface area contributed by atoms with Gasteiger partial charge >= 0.3 is 0 Å². The number of anilines is 1. The summed E-state index contributed by atoms with van der Waals surface area (Å²) < 4.78 is 5.37. The number of thiophene rings is 1. The van der Waals surface area contributed by atoms with Crippen molar-refractivity contribution in [3.63, 3.8) is 0 Å². The lowest BCUT2D eigenvalue weighted by Crippen LogP contribution is -2.34. The number of amides is 1. The average molecular weight is 385 g/mol. The summed E-state index contributed by atoms with van der Waals surface area (Å²) in [5, 5.41) is 7.46. The Bertz CT molecular complexity index is 912. The smallest absolute Gasteiger partial charge is 0.261 e. The molecule has 3 aromatic rings. The second-order valence-electron chi connectivity index (χ2n) is 7.05. The second-order valence-corrected chi connectivity index (χ2v) is 8.05. The maximum absolute atomic E-state index is 12.9. The Morgan fingerprint density at radius 2 is 2.07 bits per heavy atom.